The highest BCUT2D eigenvalue weighted by Gasteiger charge is 2.19. The molecule has 2 nitrogen and oxygen atoms in total. The first-order chi connectivity index (χ1) is 10.1. The number of benzene rings is 1. The molecule has 5 heteroatoms. The van der Waals surface area contributed by atoms with E-state index in [1.165, 1.54) is 14.7 Å². The molecule has 0 fully saturated rings. The maximum Gasteiger partial charge on any atom is 0.127 e. The molecule has 0 aliphatic rings. The number of halogens is 2. The molecule has 3 rings (SSSR count). The standard InChI is InChI=1S/C16H16ClIN2S/c1-10(7-12-5-6-21-9-12)20-15-4-3-13(18)8-14(15)19-16(20)11(2)17/h3-6,8-11H,7H2,1-2H3. The lowest BCUT2D eigenvalue weighted by Gasteiger charge is -2.18. The van der Waals surface area contributed by atoms with E-state index in [1.54, 1.807) is 11.3 Å². The van der Waals surface area contributed by atoms with Crippen LogP contribution >= 0.6 is 45.5 Å². The summed E-state index contributed by atoms with van der Waals surface area (Å²) in [6.07, 6.45) is 0.998. The van der Waals surface area contributed by atoms with Crippen molar-refractivity contribution in [3.63, 3.8) is 0 Å². The number of nitrogens with zero attached hydrogens (tertiary/aromatic N) is 2. The zero-order chi connectivity index (χ0) is 15.0. The molecule has 0 aliphatic carbocycles. The molecule has 3 aromatic rings. The Morgan fingerprint density at radius 2 is 2.14 bits per heavy atom. The molecule has 2 atom stereocenters. The van der Waals surface area contributed by atoms with Crippen molar-refractivity contribution in [1.82, 2.24) is 9.55 Å². The van der Waals surface area contributed by atoms with Gasteiger partial charge in [0.1, 0.15) is 5.82 Å². The van der Waals surface area contributed by atoms with Crippen LogP contribution in [0.15, 0.2) is 35.0 Å². The van der Waals surface area contributed by atoms with Crippen molar-refractivity contribution in [3.8, 4) is 0 Å². The molecule has 0 radical (unpaired) electrons. The average molecular weight is 431 g/mol. The molecule has 0 aliphatic heterocycles. The van der Waals surface area contributed by atoms with Crippen LogP contribution in [0.1, 0.15) is 36.7 Å². The fourth-order valence-corrected chi connectivity index (χ4v) is 3.99. The zero-order valence-electron chi connectivity index (χ0n) is 11.9. The SMILES string of the molecule is CC(Cl)c1nc2cc(I)ccc2n1C(C)Cc1ccsc1. The summed E-state index contributed by atoms with van der Waals surface area (Å²) >= 11 is 10.4. The Bertz CT molecular complexity index is 749. The highest BCUT2D eigenvalue weighted by atomic mass is 127. The number of fused-ring (bicyclic) bond motifs is 1. The van der Waals surface area contributed by atoms with Crippen molar-refractivity contribution in [2.45, 2.75) is 31.7 Å². The van der Waals surface area contributed by atoms with E-state index < -0.39 is 0 Å². The third-order valence-electron chi connectivity index (χ3n) is 3.59. The van der Waals surface area contributed by atoms with Gasteiger partial charge in [0.05, 0.1) is 16.4 Å². The van der Waals surface area contributed by atoms with Gasteiger partial charge in [0.15, 0.2) is 0 Å². The van der Waals surface area contributed by atoms with Crippen molar-refractivity contribution >= 4 is 56.6 Å². The van der Waals surface area contributed by atoms with Crippen LogP contribution in [0.3, 0.4) is 0 Å². The summed E-state index contributed by atoms with van der Waals surface area (Å²) in [4.78, 5) is 4.75. The molecule has 1 aromatic carbocycles. The molecular weight excluding hydrogens is 415 g/mol. The largest absolute Gasteiger partial charge is 0.324 e. The molecule has 110 valence electrons. The quantitative estimate of drug-likeness (QED) is 0.377. The Labute approximate surface area is 147 Å². The fourth-order valence-electron chi connectivity index (χ4n) is 2.68. The molecule has 0 saturated heterocycles. The van der Waals surface area contributed by atoms with E-state index in [-0.39, 0.29) is 5.38 Å². The van der Waals surface area contributed by atoms with Gasteiger partial charge in [-0.15, -0.1) is 11.6 Å². The highest BCUT2D eigenvalue weighted by molar-refractivity contribution is 14.1. The third-order valence-corrected chi connectivity index (χ3v) is 5.18. The van der Waals surface area contributed by atoms with Gasteiger partial charge >= 0.3 is 0 Å². The Morgan fingerprint density at radius 3 is 2.81 bits per heavy atom. The monoisotopic (exact) mass is 430 g/mol. The zero-order valence-corrected chi connectivity index (χ0v) is 15.6. The summed E-state index contributed by atoms with van der Waals surface area (Å²) in [6.45, 7) is 4.22. The number of hydrogen-bond donors (Lipinski definition) is 0. The number of imidazole rings is 1. The van der Waals surface area contributed by atoms with E-state index in [2.05, 4.69) is 69.1 Å². The Hall–Kier alpha value is -0.590. The first-order valence-corrected chi connectivity index (χ1v) is 9.34. The van der Waals surface area contributed by atoms with Crippen LogP contribution in [0.2, 0.25) is 0 Å². The van der Waals surface area contributed by atoms with Crippen LogP contribution in [-0.2, 0) is 6.42 Å². The highest BCUT2D eigenvalue weighted by Crippen LogP contribution is 2.30. The number of thiophene rings is 1. The van der Waals surface area contributed by atoms with Crippen molar-refractivity contribution in [3.05, 3.63) is 50.0 Å². The summed E-state index contributed by atoms with van der Waals surface area (Å²) in [5.74, 6) is 0.955. The molecule has 0 bridgehead atoms. The minimum atomic E-state index is -0.0972. The van der Waals surface area contributed by atoms with Crippen molar-refractivity contribution in [2.24, 2.45) is 0 Å². The van der Waals surface area contributed by atoms with Gasteiger partial charge in [-0.2, -0.15) is 11.3 Å². The molecule has 0 spiro atoms. The van der Waals surface area contributed by atoms with Crippen LogP contribution in [0.5, 0.6) is 0 Å². The minimum Gasteiger partial charge on any atom is -0.324 e. The summed E-state index contributed by atoms with van der Waals surface area (Å²) < 4.78 is 3.49. The topological polar surface area (TPSA) is 17.8 Å². The molecular formula is C16H16ClIN2S. The van der Waals surface area contributed by atoms with E-state index in [1.807, 2.05) is 6.92 Å². The van der Waals surface area contributed by atoms with E-state index in [4.69, 9.17) is 16.6 Å². The molecule has 2 unspecified atom stereocenters. The first-order valence-electron chi connectivity index (χ1n) is 6.89. The molecule has 0 amide bonds. The van der Waals surface area contributed by atoms with E-state index >= 15 is 0 Å². The van der Waals surface area contributed by atoms with Crippen LogP contribution in [0.25, 0.3) is 11.0 Å². The number of alkyl halides is 1. The van der Waals surface area contributed by atoms with E-state index in [0.29, 0.717) is 6.04 Å². The summed E-state index contributed by atoms with van der Waals surface area (Å²) in [5.41, 5.74) is 3.57. The van der Waals surface area contributed by atoms with Gasteiger partial charge in [-0.25, -0.2) is 4.98 Å². The van der Waals surface area contributed by atoms with Crippen LogP contribution in [0, 0.1) is 3.57 Å². The van der Waals surface area contributed by atoms with Crippen molar-refractivity contribution < 1.29 is 0 Å². The molecule has 2 heterocycles. The predicted molar refractivity (Wildman–Crippen MR) is 99.5 cm³/mol. The van der Waals surface area contributed by atoms with Crippen molar-refractivity contribution in [1.29, 1.82) is 0 Å². The Balaban J connectivity index is 2.08. The van der Waals surface area contributed by atoms with Gasteiger partial charge in [-0.05, 0) is 83.4 Å². The maximum atomic E-state index is 6.36. The summed E-state index contributed by atoms with van der Waals surface area (Å²) in [7, 11) is 0. The van der Waals surface area contributed by atoms with Crippen LogP contribution in [0.4, 0.5) is 0 Å². The van der Waals surface area contributed by atoms with E-state index in [0.717, 1.165) is 17.8 Å². The van der Waals surface area contributed by atoms with Crippen LogP contribution in [-0.4, -0.2) is 9.55 Å². The smallest absolute Gasteiger partial charge is 0.127 e. The number of rotatable bonds is 4. The normalized spacial score (nSPS) is 14.5. The van der Waals surface area contributed by atoms with Gasteiger partial charge in [0, 0.05) is 9.61 Å². The third kappa shape index (κ3) is 3.12. The average Bonchev–Trinajstić information content (AvgIpc) is 3.04. The van der Waals surface area contributed by atoms with Crippen molar-refractivity contribution in [2.75, 3.05) is 0 Å². The van der Waals surface area contributed by atoms with Gasteiger partial charge in [-0.1, -0.05) is 0 Å². The lowest BCUT2D eigenvalue weighted by molar-refractivity contribution is 0.535. The van der Waals surface area contributed by atoms with E-state index in [9.17, 15) is 0 Å². The number of hydrogen-bond acceptors (Lipinski definition) is 2. The maximum absolute atomic E-state index is 6.36. The lowest BCUT2D eigenvalue weighted by Crippen LogP contribution is -2.12. The second-order valence-electron chi connectivity index (χ2n) is 5.27. The van der Waals surface area contributed by atoms with Gasteiger partial charge in [-0.3, -0.25) is 0 Å². The summed E-state index contributed by atoms with van der Waals surface area (Å²) in [6, 6.07) is 8.92. The first kappa shape index (κ1) is 15.3. The second-order valence-corrected chi connectivity index (χ2v) is 7.95. The minimum absolute atomic E-state index is 0.0972. The lowest BCUT2D eigenvalue weighted by atomic mass is 10.1. The second kappa shape index (κ2) is 6.26. The number of aromatic nitrogens is 2. The van der Waals surface area contributed by atoms with Gasteiger partial charge < -0.3 is 4.57 Å². The van der Waals surface area contributed by atoms with Gasteiger partial charge in [0.25, 0.3) is 0 Å². The molecule has 21 heavy (non-hydrogen) atoms. The summed E-state index contributed by atoms with van der Waals surface area (Å²) in [5, 5.41) is 4.24. The molecule has 0 N–H and O–H groups in total. The molecule has 0 saturated carbocycles. The van der Waals surface area contributed by atoms with Crippen LogP contribution < -0.4 is 0 Å². The molecule has 2 aromatic heterocycles. The predicted octanol–water partition coefficient (Wildman–Crippen LogP) is 5.81. The Morgan fingerprint density at radius 1 is 1.33 bits per heavy atom. The Kier molecular flexibility index (Phi) is 4.57. The van der Waals surface area contributed by atoms with Gasteiger partial charge in [0.2, 0.25) is 0 Å². The fraction of sp³-hybridized carbons (Fsp3) is 0.312.